The first-order valence-corrected chi connectivity index (χ1v) is 4.59. The second-order valence-corrected chi connectivity index (χ2v) is 3.27. The van der Waals surface area contributed by atoms with Gasteiger partial charge in [0.05, 0.1) is 6.61 Å². The van der Waals surface area contributed by atoms with Crippen molar-refractivity contribution in [3.05, 3.63) is 0 Å². The van der Waals surface area contributed by atoms with Crippen LogP contribution in [0.3, 0.4) is 0 Å². The molecule has 0 amide bonds. The summed E-state index contributed by atoms with van der Waals surface area (Å²) in [6.07, 6.45) is 0. The highest BCUT2D eigenvalue weighted by Crippen LogP contribution is 1.96. The van der Waals surface area contributed by atoms with E-state index in [4.69, 9.17) is 4.74 Å². The van der Waals surface area contributed by atoms with Gasteiger partial charge in [0.25, 0.3) is 0 Å². The fourth-order valence-electron chi connectivity index (χ4n) is 0.722. The molecule has 0 bridgehead atoms. The van der Waals surface area contributed by atoms with Crippen molar-refractivity contribution in [1.82, 2.24) is 4.90 Å². The van der Waals surface area contributed by atoms with Gasteiger partial charge in [0.15, 0.2) is 0 Å². The van der Waals surface area contributed by atoms with E-state index in [2.05, 4.69) is 34.8 Å². The molecule has 0 saturated carbocycles. The smallest absolute Gasteiger partial charge is 0.0615 e. The van der Waals surface area contributed by atoms with E-state index in [0.29, 0.717) is 6.04 Å². The minimum atomic E-state index is 0.516. The summed E-state index contributed by atoms with van der Waals surface area (Å²) in [6, 6.07) is 0.516. The van der Waals surface area contributed by atoms with Crippen molar-refractivity contribution in [3.8, 4) is 0 Å². The first-order chi connectivity index (χ1) is 4.72. The predicted octanol–water partition coefficient (Wildman–Crippen LogP) is 1.35. The molecule has 0 fully saturated rings. The molecule has 0 aromatic heterocycles. The molecule has 0 spiro atoms. The number of nitrogens with zero attached hydrogens (tertiary/aromatic N) is 1. The number of likely N-dealkylation sites (N-methyl/N-ethyl adjacent to an activating group) is 1. The molecule has 0 radical (unpaired) electrons. The van der Waals surface area contributed by atoms with E-state index in [0.717, 1.165) is 18.5 Å². The van der Waals surface area contributed by atoms with Crippen molar-refractivity contribution in [2.75, 3.05) is 32.6 Å². The predicted molar refractivity (Wildman–Crippen MR) is 47.8 cm³/mol. The third-order valence-corrected chi connectivity index (χ3v) is 1.95. The molecule has 0 aliphatic carbocycles. The van der Waals surface area contributed by atoms with Crippen molar-refractivity contribution in [1.29, 1.82) is 0 Å². The second-order valence-electron chi connectivity index (χ2n) is 2.47. The largest absolute Gasteiger partial charge is 0.383 e. The van der Waals surface area contributed by atoms with E-state index < -0.39 is 0 Å². The number of ether oxygens (including phenoxy) is 1. The number of methoxy groups -OCH3 is 1. The van der Waals surface area contributed by atoms with Gasteiger partial charge in [-0.25, -0.2) is 0 Å². The van der Waals surface area contributed by atoms with Crippen LogP contribution in [0.4, 0.5) is 0 Å². The Balaban J connectivity index is 3.38. The van der Waals surface area contributed by atoms with E-state index in [1.807, 2.05) is 0 Å². The third-order valence-electron chi connectivity index (χ3n) is 1.60. The molecule has 0 aromatic rings. The maximum Gasteiger partial charge on any atom is 0.0615 e. The van der Waals surface area contributed by atoms with Gasteiger partial charge in [-0.2, -0.15) is 0 Å². The molecule has 2 nitrogen and oxygen atoms in total. The summed E-state index contributed by atoms with van der Waals surface area (Å²) in [4.78, 5) is 2.26. The zero-order valence-corrected chi connectivity index (χ0v) is 8.52. The van der Waals surface area contributed by atoms with Crippen LogP contribution in [0.25, 0.3) is 0 Å². The Hall–Kier alpha value is 0.400. The summed E-state index contributed by atoms with van der Waals surface area (Å²) in [6.45, 7) is 4.04. The molecule has 0 saturated heterocycles. The first kappa shape index (κ1) is 10.4. The molecular weight excluding hydrogens is 194 g/mol. The molecule has 62 valence electrons. The van der Waals surface area contributed by atoms with Crippen molar-refractivity contribution in [3.63, 3.8) is 0 Å². The average Bonchev–Trinajstić information content (AvgIpc) is 1.89. The topological polar surface area (TPSA) is 12.5 Å². The summed E-state index contributed by atoms with van der Waals surface area (Å²) in [7, 11) is 3.84. The molecule has 1 atom stereocenters. The Bertz CT molecular complexity index is 70.0. The molecule has 3 heteroatoms. The maximum atomic E-state index is 5.01. The van der Waals surface area contributed by atoms with Crippen LogP contribution in [0.2, 0.25) is 0 Å². The zero-order valence-electron chi connectivity index (χ0n) is 6.93. The van der Waals surface area contributed by atoms with Crippen LogP contribution < -0.4 is 0 Å². The van der Waals surface area contributed by atoms with E-state index in [1.54, 1.807) is 7.11 Å². The number of rotatable bonds is 5. The van der Waals surface area contributed by atoms with Crippen LogP contribution in [0.5, 0.6) is 0 Å². The van der Waals surface area contributed by atoms with Crippen LogP contribution in [0.15, 0.2) is 0 Å². The summed E-state index contributed by atoms with van der Waals surface area (Å²) in [5.74, 6) is 0. The van der Waals surface area contributed by atoms with Gasteiger partial charge in [-0.15, -0.1) is 0 Å². The monoisotopic (exact) mass is 209 g/mol. The van der Waals surface area contributed by atoms with Crippen molar-refractivity contribution < 1.29 is 4.74 Å². The number of halogens is 1. The SMILES string of the molecule is COCC(C)N(C)CCBr. The van der Waals surface area contributed by atoms with E-state index in [9.17, 15) is 0 Å². The lowest BCUT2D eigenvalue weighted by Gasteiger charge is -2.22. The van der Waals surface area contributed by atoms with Gasteiger partial charge in [0.1, 0.15) is 0 Å². The Morgan fingerprint density at radius 3 is 2.60 bits per heavy atom. The van der Waals surface area contributed by atoms with E-state index >= 15 is 0 Å². The molecular formula is C7H16BrNO. The zero-order chi connectivity index (χ0) is 7.98. The Morgan fingerprint density at radius 1 is 1.60 bits per heavy atom. The standard InChI is InChI=1S/C7H16BrNO/c1-7(6-10-3)9(2)5-4-8/h7H,4-6H2,1-3H3. The quantitative estimate of drug-likeness (QED) is 0.635. The highest BCUT2D eigenvalue weighted by atomic mass is 79.9. The van der Waals surface area contributed by atoms with Crippen molar-refractivity contribution in [2.45, 2.75) is 13.0 Å². The molecule has 0 rings (SSSR count). The van der Waals surface area contributed by atoms with Crippen LogP contribution in [0, 0.1) is 0 Å². The minimum Gasteiger partial charge on any atom is -0.383 e. The van der Waals surface area contributed by atoms with Gasteiger partial charge in [0, 0.05) is 25.0 Å². The van der Waals surface area contributed by atoms with Gasteiger partial charge in [-0.05, 0) is 14.0 Å². The Labute approximate surface area is 71.7 Å². The lowest BCUT2D eigenvalue weighted by Crippen LogP contribution is -2.33. The van der Waals surface area contributed by atoms with E-state index in [1.165, 1.54) is 0 Å². The minimum absolute atomic E-state index is 0.516. The summed E-state index contributed by atoms with van der Waals surface area (Å²) in [5, 5.41) is 1.03. The molecule has 0 N–H and O–H groups in total. The lowest BCUT2D eigenvalue weighted by atomic mass is 10.3. The summed E-state index contributed by atoms with van der Waals surface area (Å²) < 4.78 is 5.01. The average molecular weight is 210 g/mol. The van der Waals surface area contributed by atoms with Gasteiger partial charge in [-0.3, -0.25) is 0 Å². The van der Waals surface area contributed by atoms with Gasteiger partial charge < -0.3 is 9.64 Å². The second kappa shape index (κ2) is 6.13. The third kappa shape index (κ3) is 4.25. The molecule has 0 aromatic carbocycles. The van der Waals surface area contributed by atoms with Crippen LogP contribution in [-0.4, -0.2) is 43.6 Å². The molecule has 0 aliphatic rings. The number of alkyl halides is 1. The summed E-state index contributed by atoms with van der Waals surface area (Å²) in [5.41, 5.74) is 0. The first-order valence-electron chi connectivity index (χ1n) is 3.47. The van der Waals surface area contributed by atoms with Crippen molar-refractivity contribution in [2.24, 2.45) is 0 Å². The summed E-state index contributed by atoms with van der Waals surface area (Å²) >= 11 is 3.39. The van der Waals surface area contributed by atoms with Crippen molar-refractivity contribution >= 4 is 15.9 Å². The fraction of sp³-hybridized carbons (Fsp3) is 1.00. The number of hydrogen-bond donors (Lipinski definition) is 0. The maximum absolute atomic E-state index is 5.01. The van der Waals surface area contributed by atoms with Crippen LogP contribution in [-0.2, 0) is 4.74 Å². The van der Waals surface area contributed by atoms with Gasteiger partial charge >= 0.3 is 0 Å². The molecule has 10 heavy (non-hydrogen) atoms. The van der Waals surface area contributed by atoms with Gasteiger partial charge in [-0.1, -0.05) is 15.9 Å². The normalized spacial score (nSPS) is 14.1. The molecule has 0 heterocycles. The Morgan fingerprint density at radius 2 is 2.20 bits per heavy atom. The molecule has 1 unspecified atom stereocenters. The number of hydrogen-bond acceptors (Lipinski definition) is 2. The Kier molecular flexibility index (Phi) is 6.38. The molecule has 0 aliphatic heterocycles. The van der Waals surface area contributed by atoms with E-state index in [-0.39, 0.29) is 0 Å². The highest BCUT2D eigenvalue weighted by Gasteiger charge is 2.06. The van der Waals surface area contributed by atoms with Gasteiger partial charge in [0.2, 0.25) is 0 Å². The fourth-order valence-corrected chi connectivity index (χ4v) is 1.28. The van der Waals surface area contributed by atoms with Crippen LogP contribution in [0.1, 0.15) is 6.92 Å². The van der Waals surface area contributed by atoms with Crippen LogP contribution >= 0.6 is 15.9 Å². The highest BCUT2D eigenvalue weighted by molar-refractivity contribution is 9.09. The lowest BCUT2D eigenvalue weighted by molar-refractivity contribution is 0.119.